The predicted octanol–water partition coefficient (Wildman–Crippen LogP) is 5.19. The minimum absolute atomic E-state index is 0.169. The lowest BCUT2D eigenvalue weighted by Gasteiger charge is -2.36. The minimum Gasteiger partial charge on any atom is -0.369 e. The number of carbonyl (C=O) groups is 2. The molecule has 0 radical (unpaired) electrons. The second-order valence-electron chi connectivity index (χ2n) is 13.9. The van der Waals surface area contributed by atoms with Gasteiger partial charge in [-0.05, 0) is 87.7 Å². The van der Waals surface area contributed by atoms with Crippen molar-refractivity contribution in [1.29, 1.82) is 0 Å². The molecule has 2 amide bonds. The van der Waals surface area contributed by atoms with Gasteiger partial charge in [0.1, 0.15) is 5.82 Å². The number of piperazine rings is 1. The van der Waals surface area contributed by atoms with Crippen LogP contribution in [-0.4, -0.2) is 66.8 Å². The average Bonchev–Trinajstić information content (AvgIpc) is 3.07. The van der Waals surface area contributed by atoms with Crippen molar-refractivity contribution in [3.8, 4) is 0 Å². The van der Waals surface area contributed by atoms with E-state index in [0.29, 0.717) is 30.3 Å². The fourth-order valence-electron chi connectivity index (χ4n) is 6.14. The summed E-state index contributed by atoms with van der Waals surface area (Å²) in [5, 5.41) is 8.97. The van der Waals surface area contributed by atoms with Crippen LogP contribution < -0.4 is 25.6 Å². The highest BCUT2D eigenvalue weighted by Gasteiger charge is 2.28. The van der Waals surface area contributed by atoms with Gasteiger partial charge in [0.05, 0.1) is 10.8 Å². The summed E-state index contributed by atoms with van der Waals surface area (Å²) in [4.78, 5) is 37.8. The number of anilines is 5. The van der Waals surface area contributed by atoms with Crippen molar-refractivity contribution in [2.45, 2.75) is 63.4 Å². The first-order valence-corrected chi connectivity index (χ1v) is 18.3. The van der Waals surface area contributed by atoms with Crippen LogP contribution in [0.25, 0.3) is 0 Å². The quantitative estimate of drug-likeness (QED) is 0.163. The number of aromatic nitrogens is 2. The van der Waals surface area contributed by atoms with Crippen molar-refractivity contribution in [1.82, 2.24) is 24.9 Å². The maximum atomic E-state index is 12.9. The molecule has 2 aliphatic rings. The lowest BCUT2D eigenvalue weighted by molar-refractivity contribution is -0.134. The lowest BCUT2D eigenvalue weighted by atomic mass is 9.90. The van der Waals surface area contributed by atoms with E-state index in [1.807, 2.05) is 31.2 Å². The van der Waals surface area contributed by atoms with E-state index in [1.54, 1.807) is 51.2 Å². The molecule has 2 saturated heterocycles. The van der Waals surface area contributed by atoms with Crippen LogP contribution >= 0.6 is 0 Å². The molecule has 3 heterocycles. The maximum absolute atomic E-state index is 12.9. The Morgan fingerprint density at radius 3 is 2.30 bits per heavy atom. The van der Waals surface area contributed by atoms with Crippen LogP contribution in [0, 0.1) is 6.92 Å². The maximum Gasteiger partial charge on any atom is 0.241 e. The van der Waals surface area contributed by atoms with Gasteiger partial charge < -0.3 is 15.5 Å². The van der Waals surface area contributed by atoms with Crippen molar-refractivity contribution < 1.29 is 18.0 Å². The molecule has 6 rings (SSSR count). The molecule has 4 N–H and O–H groups in total. The molecule has 50 heavy (non-hydrogen) atoms. The Morgan fingerprint density at radius 1 is 0.900 bits per heavy atom. The van der Waals surface area contributed by atoms with Gasteiger partial charge in [0.25, 0.3) is 0 Å². The molecule has 4 aromatic rings. The van der Waals surface area contributed by atoms with Crippen molar-refractivity contribution in [2.24, 2.45) is 0 Å². The summed E-state index contributed by atoms with van der Waals surface area (Å²) in [6, 6.07) is 23.1. The summed E-state index contributed by atoms with van der Waals surface area (Å²) in [6.07, 6.45) is 2.66. The number of amides is 2. The number of hydrogen-bond donors (Lipinski definition) is 4. The van der Waals surface area contributed by atoms with Crippen LogP contribution in [-0.2, 0) is 26.2 Å². The number of imide groups is 1. The van der Waals surface area contributed by atoms with Crippen molar-refractivity contribution in [3.63, 3.8) is 0 Å². The van der Waals surface area contributed by atoms with Crippen molar-refractivity contribution >= 4 is 50.7 Å². The molecule has 262 valence electrons. The molecule has 0 spiro atoms. The highest BCUT2D eigenvalue weighted by molar-refractivity contribution is 7.89. The zero-order valence-corrected chi connectivity index (χ0v) is 29.7. The van der Waals surface area contributed by atoms with Gasteiger partial charge in [-0.25, -0.2) is 18.1 Å². The fourth-order valence-corrected chi connectivity index (χ4v) is 7.61. The number of rotatable bonds is 10. The van der Waals surface area contributed by atoms with E-state index >= 15 is 0 Å². The molecule has 2 fully saturated rings. The van der Waals surface area contributed by atoms with E-state index in [4.69, 9.17) is 0 Å². The van der Waals surface area contributed by atoms with Gasteiger partial charge in [-0.2, -0.15) is 4.98 Å². The Kier molecular flexibility index (Phi) is 10.2. The minimum atomic E-state index is -3.69. The number of nitrogens with one attached hydrogen (secondary N) is 4. The number of aryl methyl sites for hydroxylation is 1. The van der Waals surface area contributed by atoms with Crippen molar-refractivity contribution in [2.75, 3.05) is 41.7 Å². The largest absolute Gasteiger partial charge is 0.369 e. The molecule has 13 heteroatoms. The van der Waals surface area contributed by atoms with Gasteiger partial charge in [0.15, 0.2) is 0 Å². The highest BCUT2D eigenvalue weighted by atomic mass is 32.2. The summed E-state index contributed by atoms with van der Waals surface area (Å²) in [5.74, 6) is 0.333. The molecule has 3 aromatic carbocycles. The second kappa shape index (κ2) is 14.6. The van der Waals surface area contributed by atoms with E-state index in [1.165, 1.54) is 5.56 Å². The van der Waals surface area contributed by atoms with Crippen LogP contribution in [0.2, 0.25) is 0 Å². The first-order valence-electron chi connectivity index (χ1n) is 16.8. The number of piperidine rings is 1. The number of carbonyl (C=O) groups excluding carboxylic acids is 2. The number of hydrogen-bond acceptors (Lipinski definition) is 10. The topological polar surface area (TPSA) is 149 Å². The second-order valence-corrected chi connectivity index (χ2v) is 15.6. The third-order valence-corrected chi connectivity index (χ3v) is 10.5. The predicted molar refractivity (Wildman–Crippen MR) is 195 cm³/mol. The first-order chi connectivity index (χ1) is 23.8. The van der Waals surface area contributed by atoms with Crippen molar-refractivity contribution in [3.05, 3.63) is 95.7 Å². The number of benzene rings is 3. The first kappa shape index (κ1) is 35.0. The molecular formula is C37H44N8O4S. The molecular weight excluding hydrogens is 653 g/mol. The number of nitrogens with zero attached hydrogens (tertiary/aromatic N) is 4. The van der Waals surface area contributed by atoms with E-state index in [-0.39, 0.29) is 22.6 Å². The van der Waals surface area contributed by atoms with E-state index in [0.717, 1.165) is 55.2 Å². The normalized spacial score (nSPS) is 17.4. The van der Waals surface area contributed by atoms with E-state index in [2.05, 4.69) is 64.7 Å². The van der Waals surface area contributed by atoms with Gasteiger partial charge in [-0.3, -0.25) is 19.8 Å². The van der Waals surface area contributed by atoms with Crippen LogP contribution in [0.1, 0.15) is 56.2 Å². The Bertz CT molecular complexity index is 1950. The van der Waals surface area contributed by atoms with Gasteiger partial charge in [0, 0.05) is 73.5 Å². The molecule has 1 aromatic heterocycles. The standard InChI is InChI=1S/C37H44N8O4S/c1-25-23-38-36(42-34(25)39-29-6-5-7-31(22-29)50(48,49)43-37(2,3)4)40-28-12-14-30(15-13-28)45-20-18-44(19-21-45)24-26-8-10-27(11-9-26)32-16-17-33(46)41-35(32)47/h5-15,22-23,32,43H,16-21,24H2,1-4H3,(H,41,46,47)(H2,38,39,40,42). The van der Waals surface area contributed by atoms with Gasteiger partial charge >= 0.3 is 0 Å². The SMILES string of the molecule is Cc1cnc(Nc2ccc(N3CCN(Cc4ccc(C5CCC(=O)NC5=O)cc4)CC3)cc2)nc1Nc1cccc(S(=O)(=O)NC(C)(C)C)c1. The smallest absolute Gasteiger partial charge is 0.241 e. The van der Waals surface area contributed by atoms with Crippen LogP contribution in [0.5, 0.6) is 0 Å². The highest BCUT2D eigenvalue weighted by Crippen LogP contribution is 2.27. The Hall–Kier alpha value is -4.85. The molecule has 1 atom stereocenters. The van der Waals surface area contributed by atoms with Crippen LogP contribution in [0.4, 0.5) is 28.8 Å². The monoisotopic (exact) mass is 696 g/mol. The van der Waals surface area contributed by atoms with E-state index < -0.39 is 15.6 Å². The summed E-state index contributed by atoms with van der Waals surface area (Å²) < 4.78 is 28.4. The Balaban J connectivity index is 1.01. The third kappa shape index (κ3) is 8.84. The van der Waals surface area contributed by atoms with Crippen LogP contribution in [0.15, 0.2) is 83.9 Å². The van der Waals surface area contributed by atoms with Gasteiger partial charge in [-0.15, -0.1) is 0 Å². The lowest BCUT2D eigenvalue weighted by Crippen LogP contribution is -2.45. The molecule has 0 aliphatic carbocycles. The van der Waals surface area contributed by atoms with Crippen LogP contribution in [0.3, 0.4) is 0 Å². The zero-order valence-electron chi connectivity index (χ0n) is 28.9. The number of sulfonamides is 1. The molecule has 0 bridgehead atoms. The zero-order chi connectivity index (χ0) is 35.5. The fraction of sp³-hybridized carbons (Fsp3) is 0.351. The van der Waals surface area contributed by atoms with E-state index in [9.17, 15) is 18.0 Å². The average molecular weight is 697 g/mol. The Labute approximate surface area is 293 Å². The summed E-state index contributed by atoms with van der Waals surface area (Å²) >= 11 is 0. The summed E-state index contributed by atoms with van der Waals surface area (Å²) in [6.45, 7) is 11.8. The summed E-state index contributed by atoms with van der Waals surface area (Å²) in [5.41, 5.74) is 4.97. The Morgan fingerprint density at radius 2 is 1.62 bits per heavy atom. The molecule has 2 aliphatic heterocycles. The summed E-state index contributed by atoms with van der Waals surface area (Å²) in [7, 11) is -3.69. The molecule has 1 unspecified atom stereocenters. The molecule has 12 nitrogen and oxygen atoms in total. The van der Waals surface area contributed by atoms with Gasteiger partial charge in [0.2, 0.25) is 27.8 Å². The third-order valence-electron chi connectivity index (χ3n) is 8.71. The molecule has 0 saturated carbocycles. The van der Waals surface area contributed by atoms with Gasteiger partial charge in [-0.1, -0.05) is 30.3 Å².